The van der Waals surface area contributed by atoms with Gasteiger partial charge in [0.15, 0.2) is 0 Å². The molecule has 2 rings (SSSR count). The Kier molecular flexibility index (Phi) is 7.17. The lowest BCUT2D eigenvalue weighted by Gasteiger charge is -2.21. The van der Waals surface area contributed by atoms with Crippen molar-refractivity contribution in [1.29, 1.82) is 0 Å². The fraction of sp³-hybridized carbons (Fsp3) is 0.300. The first kappa shape index (κ1) is 19.5. The molecule has 0 heterocycles. The van der Waals surface area contributed by atoms with E-state index in [1.165, 1.54) is 4.90 Å². The van der Waals surface area contributed by atoms with Gasteiger partial charge in [-0.3, -0.25) is 14.9 Å². The lowest BCUT2D eigenvalue weighted by molar-refractivity contribution is -0.128. The number of likely N-dealkylation sites (N-methyl/N-ethyl adjacent to an activating group) is 1. The molecular weight excluding hydrogens is 330 g/mol. The van der Waals surface area contributed by atoms with E-state index < -0.39 is 6.04 Å². The van der Waals surface area contributed by atoms with E-state index in [0.29, 0.717) is 18.0 Å². The number of hydrogen-bond acceptors (Lipinski definition) is 4. The average molecular weight is 355 g/mol. The Bertz CT molecular complexity index is 732. The molecule has 0 radical (unpaired) electrons. The number of hydrogen-bond donors (Lipinski definition) is 2. The predicted octanol–water partition coefficient (Wildman–Crippen LogP) is 2.44. The zero-order valence-electron chi connectivity index (χ0n) is 15.4. The lowest BCUT2D eigenvalue weighted by atomic mass is 10.1. The molecule has 0 aromatic heterocycles. The summed E-state index contributed by atoms with van der Waals surface area (Å²) in [5.41, 5.74) is 1.38. The summed E-state index contributed by atoms with van der Waals surface area (Å²) in [5.74, 6) is 0.253. The van der Waals surface area contributed by atoms with Crippen molar-refractivity contribution < 1.29 is 14.3 Å². The molecule has 0 saturated carbocycles. The Balaban J connectivity index is 2.19. The summed E-state index contributed by atoms with van der Waals surface area (Å²) < 4.78 is 5.56. The van der Waals surface area contributed by atoms with Gasteiger partial charge in [-0.1, -0.05) is 42.5 Å². The Morgan fingerprint density at radius 1 is 1.04 bits per heavy atom. The van der Waals surface area contributed by atoms with Crippen LogP contribution in [-0.2, 0) is 9.59 Å². The lowest BCUT2D eigenvalue weighted by Crippen LogP contribution is -2.39. The molecule has 6 nitrogen and oxygen atoms in total. The van der Waals surface area contributed by atoms with Crippen LogP contribution in [0.2, 0.25) is 0 Å². The topological polar surface area (TPSA) is 70.7 Å². The van der Waals surface area contributed by atoms with Gasteiger partial charge >= 0.3 is 0 Å². The van der Waals surface area contributed by atoms with E-state index in [0.717, 1.165) is 5.56 Å². The van der Waals surface area contributed by atoms with E-state index in [9.17, 15) is 9.59 Å². The number of carbonyl (C=O) groups excluding carboxylic acids is 2. The summed E-state index contributed by atoms with van der Waals surface area (Å²) in [4.78, 5) is 26.3. The van der Waals surface area contributed by atoms with Crippen molar-refractivity contribution in [1.82, 2.24) is 10.2 Å². The zero-order valence-corrected chi connectivity index (χ0v) is 15.4. The molecule has 0 aliphatic rings. The van der Waals surface area contributed by atoms with Crippen molar-refractivity contribution in [3.05, 3.63) is 60.2 Å². The van der Waals surface area contributed by atoms with Crippen molar-refractivity contribution in [2.45, 2.75) is 13.0 Å². The highest BCUT2D eigenvalue weighted by Gasteiger charge is 2.22. The molecule has 2 N–H and O–H groups in total. The number of benzene rings is 2. The van der Waals surface area contributed by atoms with E-state index >= 15 is 0 Å². The van der Waals surface area contributed by atoms with Gasteiger partial charge in [-0.25, -0.2) is 0 Å². The van der Waals surface area contributed by atoms with Crippen LogP contribution < -0.4 is 15.4 Å². The smallest absolute Gasteiger partial charge is 0.246 e. The molecule has 138 valence electrons. The molecule has 0 bridgehead atoms. The Labute approximate surface area is 154 Å². The van der Waals surface area contributed by atoms with Crippen molar-refractivity contribution in [2.24, 2.45) is 0 Å². The molecule has 0 aliphatic heterocycles. The van der Waals surface area contributed by atoms with Gasteiger partial charge < -0.3 is 15.0 Å². The quantitative estimate of drug-likeness (QED) is 0.763. The first-order valence-electron chi connectivity index (χ1n) is 8.54. The molecular formula is C20H25N3O3. The van der Waals surface area contributed by atoms with Crippen LogP contribution in [0.25, 0.3) is 0 Å². The Hall–Kier alpha value is -2.86. The third-order valence-corrected chi connectivity index (χ3v) is 3.80. The van der Waals surface area contributed by atoms with Gasteiger partial charge in [0, 0.05) is 14.1 Å². The van der Waals surface area contributed by atoms with E-state index in [1.54, 1.807) is 26.2 Å². The van der Waals surface area contributed by atoms with Crippen molar-refractivity contribution >= 4 is 17.5 Å². The fourth-order valence-corrected chi connectivity index (χ4v) is 2.41. The monoisotopic (exact) mass is 355 g/mol. The van der Waals surface area contributed by atoms with Crippen molar-refractivity contribution in [2.75, 3.05) is 32.6 Å². The van der Waals surface area contributed by atoms with Gasteiger partial charge in [0.05, 0.1) is 18.8 Å². The predicted molar refractivity (Wildman–Crippen MR) is 102 cm³/mol. The highest BCUT2D eigenvalue weighted by Crippen LogP contribution is 2.25. The SMILES string of the molecule is CCOc1ccccc1NC(=O)[C@@H](NCC(=O)N(C)C)c1ccccc1. The highest BCUT2D eigenvalue weighted by atomic mass is 16.5. The summed E-state index contributed by atoms with van der Waals surface area (Å²) in [6.45, 7) is 2.46. The standard InChI is InChI=1S/C20H25N3O3/c1-4-26-17-13-9-8-12-16(17)22-20(25)19(15-10-6-5-7-11-15)21-14-18(24)23(2)3/h5-13,19,21H,4,14H2,1-3H3,(H,22,25)/t19-/m0/s1. The van der Waals surface area contributed by atoms with Crippen molar-refractivity contribution in [3.63, 3.8) is 0 Å². The van der Waals surface area contributed by atoms with E-state index in [2.05, 4.69) is 10.6 Å². The van der Waals surface area contributed by atoms with Crippen LogP contribution in [0.4, 0.5) is 5.69 Å². The minimum atomic E-state index is -0.658. The second-order valence-corrected chi connectivity index (χ2v) is 5.93. The number of ether oxygens (including phenoxy) is 1. The molecule has 2 aromatic carbocycles. The molecule has 0 fully saturated rings. The number of amides is 2. The summed E-state index contributed by atoms with van der Waals surface area (Å²) in [5, 5.41) is 5.94. The number of carbonyl (C=O) groups is 2. The minimum absolute atomic E-state index is 0.0626. The van der Waals surface area contributed by atoms with Gasteiger partial charge in [-0.05, 0) is 24.6 Å². The van der Waals surface area contributed by atoms with Gasteiger partial charge in [-0.2, -0.15) is 0 Å². The summed E-state index contributed by atoms with van der Waals surface area (Å²) in [6, 6.07) is 15.9. The number of nitrogens with one attached hydrogen (secondary N) is 2. The highest BCUT2D eigenvalue weighted by molar-refractivity contribution is 5.97. The molecule has 0 unspecified atom stereocenters. The molecule has 2 aromatic rings. The molecule has 0 aliphatic carbocycles. The Morgan fingerprint density at radius 2 is 1.69 bits per heavy atom. The molecule has 26 heavy (non-hydrogen) atoms. The van der Waals surface area contributed by atoms with Crippen LogP contribution in [0.3, 0.4) is 0 Å². The average Bonchev–Trinajstić information content (AvgIpc) is 2.64. The molecule has 6 heteroatoms. The third kappa shape index (κ3) is 5.32. The minimum Gasteiger partial charge on any atom is -0.492 e. The fourth-order valence-electron chi connectivity index (χ4n) is 2.41. The van der Waals surface area contributed by atoms with Gasteiger partial charge in [-0.15, -0.1) is 0 Å². The summed E-state index contributed by atoms with van der Waals surface area (Å²) in [6.07, 6.45) is 0. The van der Waals surface area contributed by atoms with Gasteiger partial charge in [0.25, 0.3) is 0 Å². The summed E-state index contributed by atoms with van der Waals surface area (Å²) in [7, 11) is 3.36. The van der Waals surface area contributed by atoms with Gasteiger partial charge in [0.2, 0.25) is 11.8 Å². The van der Waals surface area contributed by atoms with Crippen LogP contribution in [0.1, 0.15) is 18.5 Å². The maximum atomic E-state index is 12.9. The van der Waals surface area contributed by atoms with Crippen LogP contribution in [-0.4, -0.2) is 44.0 Å². The van der Waals surface area contributed by atoms with Crippen LogP contribution in [0.15, 0.2) is 54.6 Å². The van der Waals surface area contributed by atoms with E-state index in [-0.39, 0.29) is 18.4 Å². The van der Waals surface area contributed by atoms with Gasteiger partial charge in [0.1, 0.15) is 11.8 Å². The van der Waals surface area contributed by atoms with Crippen LogP contribution >= 0.6 is 0 Å². The molecule has 1 atom stereocenters. The maximum absolute atomic E-state index is 12.9. The molecule has 0 spiro atoms. The van der Waals surface area contributed by atoms with Crippen LogP contribution in [0.5, 0.6) is 5.75 Å². The van der Waals surface area contributed by atoms with Crippen LogP contribution in [0, 0.1) is 0 Å². The largest absolute Gasteiger partial charge is 0.492 e. The number of anilines is 1. The zero-order chi connectivity index (χ0) is 18.9. The molecule has 0 saturated heterocycles. The number of rotatable bonds is 8. The number of nitrogens with zero attached hydrogens (tertiary/aromatic N) is 1. The maximum Gasteiger partial charge on any atom is 0.246 e. The molecule has 2 amide bonds. The van der Waals surface area contributed by atoms with E-state index in [1.807, 2.05) is 49.4 Å². The normalized spacial score (nSPS) is 11.5. The third-order valence-electron chi connectivity index (χ3n) is 3.80. The first-order valence-corrected chi connectivity index (χ1v) is 8.54. The second-order valence-electron chi connectivity index (χ2n) is 5.93. The first-order chi connectivity index (χ1) is 12.5. The van der Waals surface area contributed by atoms with E-state index in [4.69, 9.17) is 4.74 Å². The Morgan fingerprint density at radius 3 is 2.35 bits per heavy atom. The summed E-state index contributed by atoms with van der Waals surface area (Å²) >= 11 is 0. The van der Waals surface area contributed by atoms with Crippen molar-refractivity contribution in [3.8, 4) is 5.75 Å². The second kappa shape index (κ2) is 9.58. The number of para-hydroxylation sites is 2.